The second-order valence-corrected chi connectivity index (χ2v) is 8.34. The van der Waals surface area contributed by atoms with Crippen LogP contribution in [-0.4, -0.2) is 62.7 Å². The normalized spacial score (nSPS) is 16.4. The Morgan fingerprint density at radius 1 is 1.03 bits per heavy atom. The molecule has 32 heavy (non-hydrogen) atoms. The predicted octanol–water partition coefficient (Wildman–Crippen LogP) is 4.62. The Morgan fingerprint density at radius 2 is 1.81 bits per heavy atom. The summed E-state index contributed by atoms with van der Waals surface area (Å²) >= 11 is 0. The van der Waals surface area contributed by atoms with E-state index in [1.807, 2.05) is 29.2 Å². The molecular formula is C26H36N2O4. The van der Waals surface area contributed by atoms with E-state index in [0.717, 1.165) is 30.8 Å². The molecule has 1 aliphatic rings. The summed E-state index contributed by atoms with van der Waals surface area (Å²) in [5, 5.41) is 0. The van der Waals surface area contributed by atoms with E-state index >= 15 is 0 Å². The van der Waals surface area contributed by atoms with Gasteiger partial charge in [-0.1, -0.05) is 24.6 Å². The predicted molar refractivity (Wildman–Crippen MR) is 127 cm³/mol. The minimum atomic E-state index is -0.0536. The van der Waals surface area contributed by atoms with Crippen molar-refractivity contribution in [3.8, 4) is 17.2 Å². The van der Waals surface area contributed by atoms with Crippen LogP contribution in [0.25, 0.3) is 0 Å². The third kappa shape index (κ3) is 5.94. The van der Waals surface area contributed by atoms with Crippen LogP contribution in [0.1, 0.15) is 48.5 Å². The molecule has 0 radical (unpaired) electrons. The van der Waals surface area contributed by atoms with Crippen LogP contribution in [0.4, 0.5) is 0 Å². The van der Waals surface area contributed by atoms with Crippen molar-refractivity contribution in [1.29, 1.82) is 0 Å². The van der Waals surface area contributed by atoms with Gasteiger partial charge in [-0.05, 0) is 50.9 Å². The highest BCUT2D eigenvalue weighted by molar-refractivity contribution is 5.97. The first-order chi connectivity index (χ1) is 15.6. The van der Waals surface area contributed by atoms with Gasteiger partial charge in [-0.2, -0.15) is 0 Å². The molecule has 174 valence electrons. The molecule has 1 unspecified atom stereocenters. The van der Waals surface area contributed by atoms with Crippen LogP contribution in [0.2, 0.25) is 0 Å². The lowest BCUT2D eigenvalue weighted by Gasteiger charge is -2.34. The van der Waals surface area contributed by atoms with Crippen LogP contribution in [-0.2, 0) is 6.54 Å². The van der Waals surface area contributed by atoms with E-state index < -0.39 is 0 Å². The van der Waals surface area contributed by atoms with Gasteiger partial charge in [0.05, 0.1) is 26.9 Å². The number of rotatable bonds is 10. The maximum atomic E-state index is 13.6. The number of carbonyl (C=O) groups is 1. The molecular weight excluding hydrogens is 404 g/mol. The molecule has 2 aromatic carbocycles. The maximum absolute atomic E-state index is 13.6. The average Bonchev–Trinajstić information content (AvgIpc) is 2.83. The summed E-state index contributed by atoms with van der Waals surface area (Å²) in [6.45, 7) is 5.59. The largest absolute Gasteiger partial charge is 0.497 e. The molecule has 0 aromatic heterocycles. The van der Waals surface area contributed by atoms with Crippen LogP contribution < -0.4 is 14.2 Å². The number of ether oxygens (including phenoxy) is 3. The quantitative estimate of drug-likeness (QED) is 0.540. The number of hydrogen-bond donors (Lipinski definition) is 0. The van der Waals surface area contributed by atoms with Crippen molar-refractivity contribution >= 4 is 5.91 Å². The maximum Gasteiger partial charge on any atom is 0.257 e. The smallest absolute Gasteiger partial charge is 0.257 e. The number of likely N-dealkylation sites (tertiary alicyclic amines) is 1. The first-order valence-electron chi connectivity index (χ1n) is 11.4. The van der Waals surface area contributed by atoms with Gasteiger partial charge in [-0.15, -0.1) is 0 Å². The van der Waals surface area contributed by atoms with E-state index in [1.165, 1.54) is 19.3 Å². The van der Waals surface area contributed by atoms with E-state index in [1.54, 1.807) is 39.5 Å². The summed E-state index contributed by atoms with van der Waals surface area (Å²) < 4.78 is 16.3. The number of amides is 1. The van der Waals surface area contributed by atoms with Crippen molar-refractivity contribution in [2.45, 2.75) is 45.2 Å². The minimum absolute atomic E-state index is 0.0536. The Labute approximate surface area is 192 Å². The second kappa shape index (κ2) is 11.8. The number of benzene rings is 2. The highest BCUT2D eigenvalue weighted by Gasteiger charge is 2.23. The van der Waals surface area contributed by atoms with Gasteiger partial charge in [-0.25, -0.2) is 0 Å². The molecule has 1 atom stereocenters. The number of methoxy groups -OCH3 is 3. The van der Waals surface area contributed by atoms with Crippen molar-refractivity contribution in [2.24, 2.45) is 0 Å². The van der Waals surface area contributed by atoms with Gasteiger partial charge in [0.2, 0.25) is 0 Å². The molecule has 1 aliphatic heterocycles. The lowest BCUT2D eigenvalue weighted by molar-refractivity contribution is 0.0722. The molecule has 3 rings (SSSR count). The number of para-hydroxylation sites is 1. The highest BCUT2D eigenvalue weighted by Crippen LogP contribution is 2.27. The van der Waals surface area contributed by atoms with Crippen LogP contribution in [0.15, 0.2) is 42.5 Å². The Balaban J connectivity index is 1.80. The molecule has 0 bridgehead atoms. The molecule has 6 nitrogen and oxygen atoms in total. The zero-order chi connectivity index (χ0) is 22.9. The van der Waals surface area contributed by atoms with E-state index in [-0.39, 0.29) is 5.91 Å². The summed E-state index contributed by atoms with van der Waals surface area (Å²) in [6, 6.07) is 13.8. The number of hydrogen-bond acceptors (Lipinski definition) is 5. The molecule has 0 spiro atoms. The first-order valence-corrected chi connectivity index (χ1v) is 11.4. The lowest BCUT2D eigenvalue weighted by Crippen LogP contribution is -2.40. The number of carbonyl (C=O) groups excluding carboxylic acids is 1. The molecule has 1 fully saturated rings. The Bertz CT molecular complexity index is 886. The van der Waals surface area contributed by atoms with E-state index in [0.29, 0.717) is 36.2 Å². The summed E-state index contributed by atoms with van der Waals surface area (Å²) in [5.41, 5.74) is 1.52. The van der Waals surface area contributed by atoms with Crippen molar-refractivity contribution in [3.63, 3.8) is 0 Å². The fraction of sp³-hybridized carbons (Fsp3) is 0.500. The standard InChI is InChI=1S/C26H36N2O4/c1-20-10-7-8-15-27(20)16-9-17-28(19-21-11-5-6-12-24(21)31-3)26(29)23-14-13-22(30-2)18-25(23)32-4/h5-6,11-14,18,20H,7-10,15-17,19H2,1-4H3. The monoisotopic (exact) mass is 440 g/mol. The molecule has 2 aromatic rings. The Hall–Kier alpha value is -2.73. The zero-order valence-electron chi connectivity index (χ0n) is 19.8. The summed E-state index contributed by atoms with van der Waals surface area (Å²) in [5.74, 6) is 1.91. The van der Waals surface area contributed by atoms with E-state index in [9.17, 15) is 4.79 Å². The van der Waals surface area contributed by atoms with Crippen molar-refractivity contribution in [2.75, 3.05) is 41.0 Å². The van der Waals surface area contributed by atoms with Gasteiger partial charge in [0.1, 0.15) is 17.2 Å². The van der Waals surface area contributed by atoms with Gasteiger partial charge in [0.15, 0.2) is 0 Å². The van der Waals surface area contributed by atoms with Crippen molar-refractivity contribution in [3.05, 3.63) is 53.6 Å². The topological polar surface area (TPSA) is 51.2 Å². The van der Waals surface area contributed by atoms with Gasteiger partial charge >= 0.3 is 0 Å². The van der Waals surface area contributed by atoms with E-state index in [2.05, 4.69) is 11.8 Å². The van der Waals surface area contributed by atoms with Gasteiger partial charge in [0.25, 0.3) is 5.91 Å². The Morgan fingerprint density at radius 3 is 2.53 bits per heavy atom. The SMILES string of the molecule is COc1ccc(C(=O)N(CCCN2CCCCC2C)Cc2ccccc2OC)c(OC)c1. The average molecular weight is 441 g/mol. The van der Waals surface area contributed by atoms with Gasteiger partial charge < -0.3 is 24.0 Å². The number of piperidine rings is 1. The van der Waals surface area contributed by atoms with E-state index in [4.69, 9.17) is 14.2 Å². The molecule has 1 heterocycles. The molecule has 0 saturated carbocycles. The minimum Gasteiger partial charge on any atom is -0.497 e. The molecule has 1 saturated heterocycles. The summed E-state index contributed by atoms with van der Waals surface area (Å²) in [6.07, 6.45) is 4.75. The summed E-state index contributed by atoms with van der Waals surface area (Å²) in [4.78, 5) is 18.1. The molecule has 1 amide bonds. The molecule has 0 N–H and O–H groups in total. The zero-order valence-corrected chi connectivity index (χ0v) is 19.8. The lowest BCUT2D eigenvalue weighted by atomic mass is 10.0. The van der Waals surface area contributed by atoms with Crippen molar-refractivity contribution < 1.29 is 19.0 Å². The highest BCUT2D eigenvalue weighted by atomic mass is 16.5. The first kappa shape index (κ1) is 23.9. The second-order valence-electron chi connectivity index (χ2n) is 8.34. The van der Waals surface area contributed by atoms with Crippen LogP contribution in [0.5, 0.6) is 17.2 Å². The van der Waals surface area contributed by atoms with Gasteiger partial charge in [-0.3, -0.25) is 4.79 Å². The fourth-order valence-electron chi connectivity index (χ4n) is 4.39. The van der Waals surface area contributed by atoms with Crippen molar-refractivity contribution in [1.82, 2.24) is 9.80 Å². The number of nitrogens with zero attached hydrogens (tertiary/aromatic N) is 2. The fourth-order valence-corrected chi connectivity index (χ4v) is 4.39. The summed E-state index contributed by atoms with van der Waals surface area (Å²) in [7, 11) is 4.84. The van der Waals surface area contributed by atoms with Crippen LogP contribution in [0, 0.1) is 0 Å². The third-order valence-corrected chi connectivity index (χ3v) is 6.29. The van der Waals surface area contributed by atoms with Gasteiger partial charge in [0, 0.05) is 37.3 Å². The third-order valence-electron chi connectivity index (χ3n) is 6.29. The van der Waals surface area contributed by atoms with Crippen LogP contribution >= 0.6 is 0 Å². The van der Waals surface area contributed by atoms with Crippen LogP contribution in [0.3, 0.4) is 0 Å². The molecule has 6 heteroatoms. The Kier molecular flexibility index (Phi) is 8.80. The molecule has 0 aliphatic carbocycles.